The van der Waals surface area contributed by atoms with Gasteiger partial charge in [-0.15, -0.1) is 11.3 Å². The van der Waals surface area contributed by atoms with Crippen molar-refractivity contribution in [1.82, 2.24) is 9.97 Å². The minimum atomic E-state index is -0.734. The summed E-state index contributed by atoms with van der Waals surface area (Å²) in [6.07, 6.45) is 4.45. The second-order valence-corrected chi connectivity index (χ2v) is 6.82. The van der Waals surface area contributed by atoms with Crippen molar-refractivity contribution in [1.29, 1.82) is 0 Å². The number of thiazole rings is 1. The average Bonchev–Trinajstić information content (AvgIpc) is 3.14. The van der Waals surface area contributed by atoms with Gasteiger partial charge in [-0.25, -0.2) is 4.98 Å². The summed E-state index contributed by atoms with van der Waals surface area (Å²) >= 11 is 1.56. The zero-order valence-corrected chi connectivity index (χ0v) is 15.1. The molecule has 134 valence electrons. The van der Waals surface area contributed by atoms with Gasteiger partial charge in [-0.2, -0.15) is 0 Å². The van der Waals surface area contributed by atoms with Gasteiger partial charge < -0.3 is 9.84 Å². The van der Waals surface area contributed by atoms with Gasteiger partial charge in [0, 0.05) is 18.0 Å². The van der Waals surface area contributed by atoms with E-state index in [1.165, 1.54) is 5.56 Å². The third kappa shape index (κ3) is 5.39. The van der Waals surface area contributed by atoms with Gasteiger partial charge in [0.25, 0.3) is 0 Å². The first-order valence-electron chi connectivity index (χ1n) is 8.50. The van der Waals surface area contributed by atoms with Crippen LogP contribution in [0.1, 0.15) is 29.8 Å². The molecule has 2 heterocycles. The maximum atomic E-state index is 10.5. The minimum absolute atomic E-state index is 0.232. The molecule has 26 heavy (non-hydrogen) atoms. The van der Waals surface area contributed by atoms with Crippen molar-refractivity contribution >= 4 is 17.3 Å². The predicted molar refractivity (Wildman–Crippen MR) is 101 cm³/mol. The number of hydrogen-bond acceptors (Lipinski definition) is 5. The maximum Gasteiger partial charge on any atom is 0.303 e. The Hall–Kier alpha value is -2.73. The number of carboxylic acid groups (broad SMARTS) is 1. The fraction of sp³-hybridized carbons (Fsp3) is 0.250. The van der Waals surface area contributed by atoms with Crippen LogP contribution in [-0.4, -0.2) is 21.0 Å². The van der Waals surface area contributed by atoms with Crippen LogP contribution in [0.5, 0.6) is 5.75 Å². The normalized spacial score (nSPS) is 10.6. The molecule has 0 radical (unpaired) electrons. The van der Waals surface area contributed by atoms with E-state index in [0.717, 1.165) is 35.0 Å². The highest BCUT2D eigenvalue weighted by molar-refractivity contribution is 7.09. The van der Waals surface area contributed by atoms with Gasteiger partial charge in [-0.05, 0) is 49.1 Å². The van der Waals surface area contributed by atoms with Crippen LogP contribution in [0.4, 0.5) is 0 Å². The van der Waals surface area contributed by atoms with Crippen molar-refractivity contribution in [3.8, 4) is 17.1 Å². The van der Waals surface area contributed by atoms with Crippen LogP contribution in [0.25, 0.3) is 11.4 Å². The van der Waals surface area contributed by atoms with Crippen LogP contribution in [0.3, 0.4) is 0 Å². The molecule has 0 aliphatic carbocycles. The quantitative estimate of drug-likeness (QED) is 0.560. The van der Waals surface area contributed by atoms with Gasteiger partial charge in [0.15, 0.2) is 0 Å². The summed E-state index contributed by atoms with van der Waals surface area (Å²) in [6, 6.07) is 13.7. The number of rotatable bonds is 9. The van der Waals surface area contributed by atoms with Gasteiger partial charge in [0.1, 0.15) is 17.4 Å². The molecule has 0 unspecified atom stereocenters. The topological polar surface area (TPSA) is 72.3 Å². The van der Waals surface area contributed by atoms with Crippen LogP contribution in [0.15, 0.2) is 54.0 Å². The minimum Gasteiger partial charge on any atom is -0.486 e. The highest BCUT2D eigenvalue weighted by atomic mass is 32.1. The molecule has 5 nitrogen and oxygen atoms in total. The largest absolute Gasteiger partial charge is 0.486 e. The van der Waals surface area contributed by atoms with Crippen LogP contribution in [-0.2, 0) is 17.8 Å². The Morgan fingerprint density at radius 2 is 1.92 bits per heavy atom. The van der Waals surface area contributed by atoms with Gasteiger partial charge in [0.05, 0.1) is 11.4 Å². The van der Waals surface area contributed by atoms with Gasteiger partial charge >= 0.3 is 5.97 Å². The molecule has 1 N–H and O–H groups in total. The Morgan fingerprint density at radius 1 is 1.08 bits per heavy atom. The first-order valence-corrected chi connectivity index (χ1v) is 9.38. The van der Waals surface area contributed by atoms with Crippen molar-refractivity contribution in [3.05, 3.63) is 64.6 Å². The van der Waals surface area contributed by atoms with E-state index in [1.54, 1.807) is 17.5 Å². The molecular formula is C20H20N2O3S. The summed E-state index contributed by atoms with van der Waals surface area (Å²) in [5.74, 6) is 0.0657. The number of carboxylic acids is 1. The zero-order valence-electron chi connectivity index (χ0n) is 14.3. The third-order valence-corrected chi connectivity index (χ3v) is 4.69. The lowest BCUT2D eigenvalue weighted by Gasteiger charge is -2.06. The standard InChI is InChI=1S/C20H20N2O3S/c23-20(24)7-2-1-5-15-8-10-16(11-9-15)25-13-19-22-18(14-26-19)17-6-3-4-12-21-17/h3-4,6,8-12,14H,1-2,5,7,13H2,(H,23,24). The molecule has 3 rings (SSSR count). The summed E-state index contributed by atoms with van der Waals surface area (Å²) in [5, 5.41) is 11.5. The number of pyridine rings is 1. The number of benzene rings is 1. The van der Waals surface area contributed by atoms with Crippen molar-refractivity contribution < 1.29 is 14.6 Å². The van der Waals surface area contributed by atoms with E-state index < -0.39 is 5.97 Å². The van der Waals surface area contributed by atoms with Crippen molar-refractivity contribution in [2.75, 3.05) is 0 Å². The second-order valence-electron chi connectivity index (χ2n) is 5.87. The summed E-state index contributed by atoms with van der Waals surface area (Å²) in [7, 11) is 0. The van der Waals surface area contributed by atoms with Gasteiger partial charge in [0.2, 0.25) is 0 Å². The number of carbonyl (C=O) groups is 1. The Morgan fingerprint density at radius 3 is 2.65 bits per heavy atom. The fourth-order valence-electron chi connectivity index (χ4n) is 2.51. The Kier molecular flexibility index (Phi) is 6.33. The maximum absolute atomic E-state index is 10.5. The lowest BCUT2D eigenvalue weighted by Crippen LogP contribution is -1.96. The molecule has 1 aromatic carbocycles. The van der Waals surface area contributed by atoms with E-state index in [0.29, 0.717) is 13.0 Å². The number of aromatic nitrogens is 2. The molecule has 0 aliphatic rings. The molecule has 2 aromatic heterocycles. The molecular weight excluding hydrogens is 348 g/mol. The van der Waals surface area contributed by atoms with Crippen LogP contribution < -0.4 is 4.74 Å². The Balaban J connectivity index is 1.48. The van der Waals surface area contributed by atoms with Crippen molar-refractivity contribution in [2.45, 2.75) is 32.3 Å². The van der Waals surface area contributed by atoms with Crippen molar-refractivity contribution in [3.63, 3.8) is 0 Å². The molecule has 0 bridgehead atoms. The highest BCUT2D eigenvalue weighted by Crippen LogP contribution is 2.21. The molecule has 0 fully saturated rings. The van der Waals surface area contributed by atoms with E-state index in [-0.39, 0.29) is 6.42 Å². The summed E-state index contributed by atoms with van der Waals surface area (Å²) < 4.78 is 5.80. The zero-order chi connectivity index (χ0) is 18.2. The monoisotopic (exact) mass is 368 g/mol. The third-order valence-electron chi connectivity index (χ3n) is 3.87. The molecule has 0 spiro atoms. The SMILES string of the molecule is O=C(O)CCCCc1ccc(OCc2nc(-c3ccccn3)cs2)cc1. The summed E-state index contributed by atoms with van der Waals surface area (Å²) in [5.41, 5.74) is 2.92. The molecule has 0 atom stereocenters. The van der Waals surface area contributed by atoms with E-state index in [2.05, 4.69) is 9.97 Å². The average molecular weight is 368 g/mol. The molecule has 3 aromatic rings. The Labute approximate surface area is 156 Å². The second kappa shape index (κ2) is 9.10. The lowest BCUT2D eigenvalue weighted by atomic mass is 10.1. The Bertz CT molecular complexity index is 832. The number of ether oxygens (including phenoxy) is 1. The molecule has 0 saturated carbocycles. The van der Waals surface area contributed by atoms with Crippen molar-refractivity contribution in [2.24, 2.45) is 0 Å². The van der Waals surface area contributed by atoms with E-state index in [4.69, 9.17) is 9.84 Å². The van der Waals surface area contributed by atoms with Gasteiger partial charge in [-0.3, -0.25) is 9.78 Å². The number of nitrogens with zero attached hydrogens (tertiary/aromatic N) is 2. The number of aryl methyl sites for hydroxylation is 1. The first kappa shape index (κ1) is 18.1. The molecule has 6 heteroatoms. The molecule has 0 aliphatic heterocycles. The predicted octanol–water partition coefficient (Wildman–Crippen LogP) is 4.58. The van der Waals surface area contributed by atoms with E-state index >= 15 is 0 Å². The number of unbranched alkanes of at least 4 members (excludes halogenated alkanes) is 1. The van der Waals surface area contributed by atoms with Crippen LogP contribution >= 0.6 is 11.3 Å². The fourth-order valence-corrected chi connectivity index (χ4v) is 3.21. The van der Waals surface area contributed by atoms with Crippen LogP contribution in [0, 0.1) is 0 Å². The lowest BCUT2D eigenvalue weighted by molar-refractivity contribution is -0.137. The molecule has 0 saturated heterocycles. The van der Waals surface area contributed by atoms with Gasteiger partial charge in [-0.1, -0.05) is 18.2 Å². The summed E-state index contributed by atoms with van der Waals surface area (Å²) in [6.45, 7) is 0.426. The smallest absolute Gasteiger partial charge is 0.303 e. The number of aliphatic carboxylic acids is 1. The first-order chi connectivity index (χ1) is 12.7. The van der Waals surface area contributed by atoms with E-state index in [9.17, 15) is 4.79 Å². The summed E-state index contributed by atoms with van der Waals surface area (Å²) in [4.78, 5) is 19.4. The number of hydrogen-bond donors (Lipinski definition) is 1. The van der Waals surface area contributed by atoms with E-state index in [1.807, 2.05) is 47.8 Å². The van der Waals surface area contributed by atoms with Crippen LogP contribution in [0.2, 0.25) is 0 Å². The highest BCUT2D eigenvalue weighted by Gasteiger charge is 2.06. The molecule has 0 amide bonds.